The Kier molecular flexibility index (Phi) is 3.04. The number of hydrogen-bond donors (Lipinski definition) is 2. The van der Waals surface area contributed by atoms with Crippen molar-refractivity contribution in [3.63, 3.8) is 0 Å². The molecule has 1 aliphatic carbocycles. The van der Waals surface area contributed by atoms with E-state index in [-0.39, 0.29) is 17.8 Å². The molecule has 0 spiro atoms. The number of carbonyl (C=O) groups is 1. The molecule has 3 atom stereocenters. The van der Waals surface area contributed by atoms with Gasteiger partial charge in [0.05, 0.1) is 0 Å². The maximum atomic E-state index is 13.0. The zero-order valence-corrected chi connectivity index (χ0v) is 10.2. The van der Waals surface area contributed by atoms with Crippen LogP contribution in [0.3, 0.4) is 0 Å². The van der Waals surface area contributed by atoms with Crippen LogP contribution in [0.25, 0.3) is 0 Å². The largest absolute Gasteiger partial charge is 0.349 e. The van der Waals surface area contributed by atoms with E-state index in [1.165, 1.54) is 12.1 Å². The summed E-state index contributed by atoms with van der Waals surface area (Å²) in [5.41, 5.74) is 0.408. The van der Waals surface area contributed by atoms with Crippen LogP contribution >= 0.6 is 0 Å². The molecule has 1 amide bonds. The Bertz CT molecular complexity index is 451. The predicted octanol–water partition coefficient (Wildman–Crippen LogP) is 1.55. The van der Waals surface area contributed by atoms with Crippen LogP contribution in [0.4, 0.5) is 4.39 Å². The molecule has 2 aliphatic rings. The third-order valence-electron chi connectivity index (χ3n) is 4.08. The summed E-state index contributed by atoms with van der Waals surface area (Å²) < 4.78 is 13.0. The Morgan fingerprint density at radius 3 is 2.67 bits per heavy atom. The highest BCUT2D eigenvalue weighted by molar-refractivity contribution is 5.94. The van der Waals surface area contributed by atoms with Gasteiger partial charge in [0.15, 0.2) is 0 Å². The van der Waals surface area contributed by atoms with E-state index in [4.69, 9.17) is 0 Å². The van der Waals surface area contributed by atoms with Gasteiger partial charge in [-0.3, -0.25) is 4.79 Å². The van der Waals surface area contributed by atoms with Crippen LogP contribution in [-0.4, -0.2) is 25.0 Å². The highest BCUT2D eigenvalue weighted by atomic mass is 19.1. The number of fused-ring (bicyclic) bond motifs is 1. The molecule has 1 aromatic rings. The van der Waals surface area contributed by atoms with Gasteiger partial charge in [0.25, 0.3) is 5.91 Å². The first-order chi connectivity index (χ1) is 8.72. The van der Waals surface area contributed by atoms with Crippen molar-refractivity contribution < 1.29 is 9.18 Å². The zero-order valence-electron chi connectivity index (χ0n) is 10.2. The monoisotopic (exact) mass is 248 g/mol. The molecule has 4 heteroatoms. The molecule has 3 rings (SSSR count). The van der Waals surface area contributed by atoms with Crippen LogP contribution in [0.5, 0.6) is 0 Å². The van der Waals surface area contributed by atoms with Crippen molar-refractivity contribution in [3.8, 4) is 0 Å². The summed E-state index contributed by atoms with van der Waals surface area (Å²) >= 11 is 0. The van der Waals surface area contributed by atoms with E-state index in [0.29, 0.717) is 17.4 Å². The third-order valence-corrected chi connectivity index (χ3v) is 4.08. The summed E-state index contributed by atoms with van der Waals surface area (Å²) in [5, 5.41) is 6.39. The summed E-state index contributed by atoms with van der Waals surface area (Å²) in [6.07, 6.45) is 2.08. The maximum Gasteiger partial charge on any atom is 0.251 e. The highest BCUT2D eigenvalue weighted by Gasteiger charge is 2.37. The number of benzene rings is 1. The van der Waals surface area contributed by atoms with Gasteiger partial charge in [-0.05, 0) is 56.0 Å². The quantitative estimate of drug-likeness (QED) is 0.834. The lowest BCUT2D eigenvalue weighted by atomic mass is 10.0. The Morgan fingerprint density at radius 1 is 1.28 bits per heavy atom. The summed E-state index contributed by atoms with van der Waals surface area (Å²) in [5.74, 6) is 0.869. The van der Waals surface area contributed by atoms with Crippen LogP contribution in [0.2, 0.25) is 0 Å². The van der Waals surface area contributed by atoms with Crippen molar-refractivity contribution in [3.05, 3.63) is 35.6 Å². The zero-order chi connectivity index (χ0) is 12.5. The van der Waals surface area contributed by atoms with Crippen molar-refractivity contribution in [2.75, 3.05) is 13.1 Å². The van der Waals surface area contributed by atoms with E-state index in [1.54, 1.807) is 12.1 Å². The smallest absolute Gasteiger partial charge is 0.251 e. The van der Waals surface area contributed by atoms with Crippen molar-refractivity contribution in [2.24, 2.45) is 11.8 Å². The van der Waals surface area contributed by atoms with Crippen molar-refractivity contribution in [1.29, 1.82) is 0 Å². The van der Waals surface area contributed by atoms with E-state index >= 15 is 0 Å². The summed E-state index contributed by atoms with van der Waals surface area (Å²) in [6.45, 7) is 2.13. The Balaban J connectivity index is 1.62. The second kappa shape index (κ2) is 4.69. The molecule has 2 N–H and O–H groups in total. The average Bonchev–Trinajstić information content (AvgIpc) is 2.89. The third kappa shape index (κ3) is 2.25. The van der Waals surface area contributed by atoms with Crippen LogP contribution in [0.1, 0.15) is 23.2 Å². The normalized spacial score (nSPS) is 30.2. The topological polar surface area (TPSA) is 41.1 Å². The predicted molar refractivity (Wildman–Crippen MR) is 66.7 cm³/mol. The van der Waals surface area contributed by atoms with Gasteiger partial charge in [-0.15, -0.1) is 0 Å². The fourth-order valence-corrected chi connectivity index (χ4v) is 3.18. The Hall–Kier alpha value is -1.42. The summed E-state index contributed by atoms with van der Waals surface area (Å²) in [7, 11) is 0. The number of hydrogen-bond acceptors (Lipinski definition) is 2. The van der Waals surface area contributed by atoms with Gasteiger partial charge in [-0.2, -0.15) is 0 Å². The minimum absolute atomic E-state index is 0.160. The van der Waals surface area contributed by atoms with Gasteiger partial charge in [-0.25, -0.2) is 4.39 Å². The summed E-state index contributed by atoms with van der Waals surface area (Å²) in [6, 6.07) is 6.10. The van der Waals surface area contributed by atoms with Gasteiger partial charge in [-0.1, -0.05) is 6.07 Å². The number of rotatable bonds is 2. The molecule has 1 aromatic carbocycles. The molecule has 1 unspecified atom stereocenters. The molecule has 96 valence electrons. The van der Waals surface area contributed by atoms with Gasteiger partial charge in [0, 0.05) is 11.6 Å². The minimum atomic E-state index is -0.366. The standard InChI is InChI=1S/C14H17FN2O/c15-12-3-1-2-9(4-12)14(18)17-13-5-10-7-16-8-11(10)6-13/h1-4,10-11,13,16H,5-8H2,(H,17,18)/t10-,11+,13?. The van der Waals surface area contributed by atoms with E-state index in [9.17, 15) is 9.18 Å². The molecule has 0 radical (unpaired) electrons. The molecule has 1 aliphatic heterocycles. The number of nitrogens with one attached hydrogen (secondary N) is 2. The van der Waals surface area contributed by atoms with Crippen molar-refractivity contribution in [2.45, 2.75) is 18.9 Å². The Labute approximate surface area is 106 Å². The molecule has 18 heavy (non-hydrogen) atoms. The van der Waals surface area contributed by atoms with Crippen molar-refractivity contribution >= 4 is 5.91 Å². The van der Waals surface area contributed by atoms with Crippen LogP contribution in [0, 0.1) is 17.7 Å². The number of carbonyl (C=O) groups excluding carboxylic acids is 1. The van der Waals surface area contributed by atoms with E-state index in [0.717, 1.165) is 25.9 Å². The fourth-order valence-electron chi connectivity index (χ4n) is 3.18. The molecule has 3 nitrogen and oxygen atoms in total. The number of amides is 1. The molecule has 0 aromatic heterocycles. The van der Waals surface area contributed by atoms with E-state index in [1.807, 2.05) is 0 Å². The van der Waals surface area contributed by atoms with E-state index < -0.39 is 0 Å². The van der Waals surface area contributed by atoms with Gasteiger partial charge < -0.3 is 10.6 Å². The lowest BCUT2D eigenvalue weighted by Gasteiger charge is -2.13. The molecule has 1 saturated heterocycles. The molecule has 1 heterocycles. The van der Waals surface area contributed by atoms with Gasteiger partial charge >= 0.3 is 0 Å². The van der Waals surface area contributed by atoms with Crippen LogP contribution < -0.4 is 10.6 Å². The summed E-state index contributed by atoms with van der Waals surface area (Å²) in [4.78, 5) is 12.0. The van der Waals surface area contributed by atoms with Gasteiger partial charge in [0.1, 0.15) is 5.82 Å². The molecule has 2 fully saturated rings. The molecular formula is C14H17FN2O. The van der Waals surface area contributed by atoms with Gasteiger partial charge in [0.2, 0.25) is 0 Å². The SMILES string of the molecule is O=C(NC1C[C@H]2CNC[C@H]2C1)c1cccc(F)c1. The molecule has 1 saturated carbocycles. The lowest BCUT2D eigenvalue weighted by Crippen LogP contribution is -2.34. The highest BCUT2D eigenvalue weighted by Crippen LogP contribution is 2.34. The maximum absolute atomic E-state index is 13.0. The number of halogens is 1. The second-order valence-corrected chi connectivity index (χ2v) is 5.33. The van der Waals surface area contributed by atoms with Crippen molar-refractivity contribution in [1.82, 2.24) is 10.6 Å². The Morgan fingerprint density at radius 2 is 2.00 bits per heavy atom. The minimum Gasteiger partial charge on any atom is -0.349 e. The molecule has 0 bridgehead atoms. The lowest BCUT2D eigenvalue weighted by molar-refractivity contribution is 0.0936. The first-order valence-electron chi connectivity index (χ1n) is 6.49. The second-order valence-electron chi connectivity index (χ2n) is 5.33. The first-order valence-corrected chi connectivity index (χ1v) is 6.49. The fraction of sp³-hybridized carbons (Fsp3) is 0.500. The van der Waals surface area contributed by atoms with Crippen LogP contribution in [-0.2, 0) is 0 Å². The van der Waals surface area contributed by atoms with Crippen LogP contribution in [0.15, 0.2) is 24.3 Å². The average molecular weight is 248 g/mol. The first kappa shape index (κ1) is 11.7. The molecular weight excluding hydrogens is 231 g/mol. The van der Waals surface area contributed by atoms with E-state index in [2.05, 4.69) is 10.6 Å².